The van der Waals surface area contributed by atoms with Crippen LogP contribution < -0.4 is 4.90 Å². The normalized spacial score (nSPS) is 18.9. The molecule has 0 saturated heterocycles. The van der Waals surface area contributed by atoms with Crippen LogP contribution in [0.25, 0.3) is 11.1 Å². The van der Waals surface area contributed by atoms with Gasteiger partial charge in [-0.05, 0) is 53.1 Å². The SMILES string of the molecule is O=C1CCC(c2ccc(CN3CCc4cc(-c5cn[nH]c5)ccc43)cc2)C1. The smallest absolute Gasteiger partial charge is 0.133 e. The molecule has 1 fully saturated rings. The molecule has 0 radical (unpaired) electrons. The number of Topliss-reactive ketones (excluding diaryl/α,β-unsaturated/α-hetero) is 1. The number of carbonyl (C=O) groups excluding carboxylic acids is 1. The lowest BCUT2D eigenvalue weighted by atomic mass is 9.96. The topological polar surface area (TPSA) is 49.0 Å². The Morgan fingerprint density at radius 1 is 1.07 bits per heavy atom. The number of benzene rings is 2. The first-order chi connectivity index (χ1) is 13.3. The third-order valence-corrected chi connectivity index (χ3v) is 5.97. The van der Waals surface area contributed by atoms with E-state index in [0.717, 1.165) is 44.3 Å². The average Bonchev–Trinajstić information content (AvgIpc) is 3.44. The molecule has 1 unspecified atom stereocenters. The summed E-state index contributed by atoms with van der Waals surface area (Å²) in [5, 5.41) is 6.93. The van der Waals surface area contributed by atoms with Crippen molar-refractivity contribution in [2.24, 2.45) is 0 Å². The van der Waals surface area contributed by atoms with Crippen molar-refractivity contribution < 1.29 is 4.79 Å². The minimum atomic E-state index is 0.410. The highest BCUT2D eigenvalue weighted by atomic mass is 16.1. The van der Waals surface area contributed by atoms with Crippen molar-refractivity contribution in [1.82, 2.24) is 10.2 Å². The van der Waals surface area contributed by atoms with E-state index in [1.165, 1.54) is 27.9 Å². The molecule has 2 heterocycles. The second-order valence-electron chi connectivity index (χ2n) is 7.72. The maximum Gasteiger partial charge on any atom is 0.133 e. The van der Waals surface area contributed by atoms with Crippen LogP contribution >= 0.6 is 0 Å². The molecule has 0 spiro atoms. The Hall–Kier alpha value is -2.88. The van der Waals surface area contributed by atoms with Gasteiger partial charge in [-0.25, -0.2) is 0 Å². The van der Waals surface area contributed by atoms with Gasteiger partial charge in [0.15, 0.2) is 0 Å². The van der Waals surface area contributed by atoms with Gasteiger partial charge in [-0.2, -0.15) is 5.10 Å². The molecule has 2 aromatic carbocycles. The molecule has 1 saturated carbocycles. The van der Waals surface area contributed by atoms with Crippen molar-refractivity contribution in [3.63, 3.8) is 0 Å². The fraction of sp³-hybridized carbons (Fsp3) is 0.304. The fourth-order valence-electron chi connectivity index (χ4n) is 4.44. The minimum absolute atomic E-state index is 0.410. The van der Waals surface area contributed by atoms with Crippen molar-refractivity contribution in [3.8, 4) is 11.1 Å². The van der Waals surface area contributed by atoms with Crippen molar-refractivity contribution in [2.45, 2.75) is 38.1 Å². The van der Waals surface area contributed by atoms with Crippen LogP contribution in [0, 0.1) is 0 Å². The van der Waals surface area contributed by atoms with Gasteiger partial charge >= 0.3 is 0 Å². The van der Waals surface area contributed by atoms with E-state index in [9.17, 15) is 4.79 Å². The molecule has 27 heavy (non-hydrogen) atoms. The Morgan fingerprint density at radius 3 is 2.70 bits per heavy atom. The van der Waals surface area contributed by atoms with E-state index in [1.54, 1.807) is 0 Å². The summed E-state index contributed by atoms with van der Waals surface area (Å²) in [6.07, 6.45) is 7.37. The second-order valence-corrected chi connectivity index (χ2v) is 7.72. The summed E-state index contributed by atoms with van der Waals surface area (Å²) in [7, 11) is 0. The molecular weight excluding hydrogens is 334 g/mol. The van der Waals surface area contributed by atoms with Gasteiger partial charge in [0.05, 0.1) is 6.20 Å². The lowest BCUT2D eigenvalue weighted by Gasteiger charge is -2.20. The van der Waals surface area contributed by atoms with Crippen LogP contribution in [0.5, 0.6) is 0 Å². The van der Waals surface area contributed by atoms with E-state index in [1.807, 2.05) is 12.4 Å². The molecule has 1 aromatic heterocycles. The zero-order chi connectivity index (χ0) is 18.2. The second kappa shape index (κ2) is 6.69. The van der Waals surface area contributed by atoms with E-state index in [-0.39, 0.29) is 0 Å². The van der Waals surface area contributed by atoms with E-state index < -0.39 is 0 Å². The van der Waals surface area contributed by atoms with Gasteiger partial charge in [-0.3, -0.25) is 9.89 Å². The predicted molar refractivity (Wildman–Crippen MR) is 107 cm³/mol. The molecule has 5 rings (SSSR count). The quantitative estimate of drug-likeness (QED) is 0.749. The lowest BCUT2D eigenvalue weighted by Crippen LogP contribution is -2.19. The Kier molecular flexibility index (Phi) is 4.04. The molecule has 1 N–H and O–H groups in total. The van der Waals surface area contributed by atoms with Crippen molar-refractivity contribution in [1.29, 1.82) is 0 Å². The number of ketones is 1. The largest absolute Gasteiger partial charge is 0.367 e. The van der Waals surface area contributed by atoms with Gasteiger partial charge in [0.2, 0.25) is 0 Å². The van der Waals surface area contributed by atoms with Crippen LogP contribution in [0.2, 0.25) is 0 Å². The summed E-state index contributed by atoms with van der Waals surface area (Å²) in [4.78, 5) is 14.0. The number of rotatable bonds is 4. The molecule has 2 aliphatic rings. The predicted octanol–water partition coefficient (Wildman–Crippen LogP) is 4.48. The maximum atomic E-state index is 11.5. The summed E-state index contributed by atoms with van der Waals surface area (Å²) in [5.41, 5.74) is 7.76. The van der Waals surface area contributed by atoms with Gasteiger partial charge in [0, 0.05) is 43.4 Å². The van der Waals surface area contributed by atoms with E-state index in [4.69, 9.17) is 0 Å². The monoisotopic (exact) mass is 357 g/mol. The third kappa shape index (κ3) is 3.16. The van der Waals surface area contributed by atoms with Gasteiger partial charge in [-0.1, -0.05) is 30.3 Å². The summed E-state index contributed by atoms with van der Waals surface area (Å²) < 4.78 is 0. The molecule has 0 bridgehead atoms. The average molecular weight is 357 g/mol. The van der Waals surface area contributed by atoms with E-state index in [2.05, 4.69) is 57.6 Å². The Bertz CT molecular complexity index is 960. The van der Waals surface area contributed by atoms with Gasteiger partial charge < -0.3 is 4.90 Å². The maximum absolute atomic E-state index is 11.5. The third-order valence-electron chi connectivity index (χ3n) is 5.97. The number of H-pyrrole nitrogens is 1. The van der Waals surface area contributed by atoms with E-state index in [0.29, 0.717) is 11.7 Å². The molecule has 3 aromatic rings. The van der Waals surface area contributed by atoms with Gasteiger partial charge in [-0.15, -0.1) is 0 Å². The van der Waals surface area contributed by atoms with Crippen LogP contribution in [0.3, 0.4) is 0 Å². The number of aromatic amines is 1. The lowest BCUT2D eigenvalue weighted by molar-refractivity contribution is -0.117. The highest BCUT2D eigenvalue weighted by Gasteiger charge is 2.24. The number of carbonyl (C=O) groups is 1. The fourth-order valence-corrected chi connectivity index (χ4v) is 4.44. The minimum Gasteiger partial charge on any atom is -0.367 e. The van der Waals surface area contributed by atoms with Crippen LogP contribution in [0.4, 0.5) is 5.69 Å². The Morgan fingerprint density at radius 2 is 1.96 bits per heavy atom. The van der Waals surface area contributed by atoms with Crippen molar-refractivity contribution in [3.05, 3.63) is 71.5 Å². The zero-order valence-corrected chi connectivity index (χ0v) is 15.3. The Labute approximate surface area is 159 Å². The number of hydrogen-bond acceptors (Lipinski definition) is 3. The summed E-state index contributed by atoms with van der Waals surface area (Å²) in [5.74, 6) is 0.841. The van der Waals surface area contributed by atoms with E-state index >= 15 is 0 Å². The molecule has 4 nitrogen and oxygen atoms in total. The van der Waals surface area contributed by atoms with Crippen molar-refractivity contribution in [2.75, 3.05) is 11.4 Å². The number of fused-ring (bicyclic) bond motifs is 1. The van der Waals surface area contributed by atoms with Gasteiger partial charge in [0.1, 0.15) is 5.78 Å². The van der Waals surface area contributed by atoms with Crippen molar-refractivity contribution >= 4 is 11.5 Å². The summed E-state index contributed by atoms with van der Waals surface area (Å²) >= 11 is 0. The molecule has 1 aliphatic carbocycles. The van der Waals surface area contributed by atoms with Gasteiger partial charge in [0.25, 0.3) is 0 Å². The van der Waals surface area contributed by atoms with Crippen LogP contribution in [0.1, 0.15) is 41.9 Å². The first kappa shape index (κ1) is 16.3. The zero-order valence-electron chi connectivity index (χ0n) is 15.3. The number of nitrogens with one attached hydrogen (secondary N) is 1. The number of aromatic nitrogens is 2. The van der Waals surface area contributed by atoms with Crippen LogP contribution in [-0.4, -0.2) is 22.5 Å². The standard InChI is InChI=1S/C23H23N3O/c27-22-7-5-19(12-22)17-3-1-16(2-4-17)15-26-10-9-20-11-18(6-8-23(20)26)21-13-24-25-14-21/h1-4,6,8,11,13-14,19H,5,7,9-10,12,15H2,(H,24,25). The first-order valence-electron chi connectivity index (χ1n) is 9.74. The number of hydrogen-bond donors (Lipinski definition) is 1. The molecule has 1 atom stereocenters. The summed E-state index contributed by atoms with van der Waals surface area (Å²) in [6.45, 7) is 1.99. The molecular formula is C23H23N3O. The number of anilines is 1. The Balaban J connectivity index is 1.31. The molecule has 136 valence electrons. The highest BCUT2D eigenvalue weighted by molar-refractivity contribution is 5.81. The van der Waals surface area contributed by atoms with Crippen LogP contribution in [0.15, 0.2) is 54.9 Å². The first-order valence-corrected chi connectivity index (χ1v) is 9.74. The van der Waals surface area contributed by atoms with Crippen LogP contribution in [-0.2, 0) is 17.8 Å². The summed E-state index contributed by atoms with van der Waals surface area (Å²) in [6, 6.07) is 15.6. The molecule has 0 amide bonds. The molecule has 1 aliphatic heterocycles. The molecule has 4 heteroatoms. The number of nitrogens with zero attached hydrogens (tertiary/aromatic N) is 2. The highest BCUT2D eigenvalue weighted by Crippen LogP contribution is 2.34.